The molecule has 7 nitrogen and oxygen atoms in total. The van der Waals surface area contributed by atoms with Gasteiger partial charge in [-0.2, -0.15) is 0 Å². The Kier molecular flexibility index (Phi) is 8.53. The lowest BCUT2D eigenvalue weighted by Gasteiger charge is -2.22. The number of rotatable bonds is 5. The van der Waals surface area contributed by atoms with Crippen LogP contribution in [0.2, 0.25) is 0 Å². The zero-order valence-electron chi connectivity index (χ0n) is 15.4. The molecule has 1 saturated carbocycles. The zero-order chi connectivity index (χ0) is 17.5. The van der Waals surface area contributed by atoms with Gasteiger partial charge in [0.2, 0.25) is 0 Å². The van der Waals surface area contributed by atoms with Crippen LogP contribution in [0.15, 0.2) is 23.6 Å². The largest absolute Gasteiger partial charge is 0.357 e. The Balaban J connectivity index is 0.00000243. The molecule has 0 bridgehead atoms. The van der Waals surface area contributed by atoms with Gasteiger partial charge >= 0.3 is 0 Å². The number of likely N-dealkylation sites (tertiary alicyclic amines) is 1. The van der Waals surface area contributed by atoms with E-state index in [4.69, 9.17) is 4.99 Å². The van der Waals surface area contributed by atoms with Crippen molar-refractivity contribution in [1.82, 2.24) is 25.5 Å². The Hall–Kier alpha value is -1.45. The lowest BCUT2D eigenvalue weighted by Crippen LogP contribution is -2.41. The Bertz CT molecular complexity index is 583. The number of amides is 1. The highest BCUT2D eigenvalue weighted by molar-refractivity contribution is 14.0. The molecule has 2 atom stereocenters. The maximum Gasteiger partial charge on any atom is 0.271 e. The molecule has 8 heteroatoms. The van der Waals surface area contributed by atoms with E-state index in [1.165, 1.54) is 38.1 Å². The predicted octanol–water partition coefficient (Wildman–Crippen LogP) is 1.91. The maximum absolute atomic E-state index is 12.0. The van der Waals surface area contributed by atoms with Crippen molar-refractivity contribution in [3.8, 4) is 0 Å². The molecule has 2 aliphatic rings. The van der Waals surface area contributed by atoms with Gasteiger partial charge < -0.3 is 15.5 Å². The summed E-state index contributed by atoms with van der Waals surface area (Å²) >= 11 is 0. The number of carbonyl (C=O) groups is 1. The van der Waals surface area contributed by atoms with E-state index in [1.807, 2.05) is 0 Å². The van der Waals surface area contributed by atoms with Crippen molar-refractivity contribution in [2.24, 2.45) is 16.8 Å². The van der Waals surface area contributed by atoms with E-state index in [1.54, 1.807) is 6.20 Å². The van der Waals surface area contributed by atoms with Gasteiger partial charge in [-0.05, 0) is 31.6 Å². The second kappa shape index (κ2) is 10.6. The van der Waals surface area contributed by atoms with E-state index in [0.717, 1.165) is 37.4 Å². The van der Waals surface area contributed by atoms with Gasteiger partial charge in [0, 0.05) is 38.6 Å². The molecule has 26 heavy (non-hydrogen) atoms. The van der Waals surface area contributed by atoms with E-state index in [2.05, 4.69) is 32.4 Å². The van der Waals surface area contributed by atoms with Gasteiger partial charge in [0.1, 0.15) is 5.69 Å². The van der Waals surface area contributed by atoms with Crippen LogP contribution in [0.5, 0.6) is 0 Å². The first-order chi connectivity index (χ1) is 12.3. The number of nitrogens with zero attached hydrogens (tertiary/aromatic N) is 4. The van der Waals surface area contributed by atoms with Crippen molar-refractivity contribution in [2.75, 3.05) is 32.7 Å². The monoisotopic (exact) mass is 472 g/mol. The Morgan fingerprint density at radius 1 is 1.23 bits per heavy atom. The molecule has 1 aromatic rings. The van der Waals surface area contributed by atoms with Crippen molar-refractivity contribution in [2.45, 2.75) is 32.6 Å². The van der Waals surface area contributed by atoms with Crippen LogP contribution >= 0.6 is 24.0 Å². The minimum absolute atomic E-state index is 0. The summed E-state index contributed by atoms with van der Waals surface area (Å²) in [6.45, 7) is 6.22. The van der Waals surface area contributed by atoms with E-state index < -0.39 is 0 Å². The fourth-order valence-electron chi connectivity index (χ4n) is 3.84. The average Bonchev–Trinajstić information content (AvgIpc) is 3.09. The summed E-state index contributed by atoms with van der Waals surface area (Å²) in [7, 11) is 0. The number of halogens is 1. The van der Waals surface area contributed by atoms with Gasteiger partial charge in [-0.3, -0.25) is 14.8 Å². The van der Waals surface area contributed by atoms with Crippen LogP contribution in [0, 0.1) is 11.8 Å². The number of carbonyl (C=O) groups excluding carboxylic acids is 1. The number of hydrogen-bond acceptors (Lipinski definition) is 4. The highest BCUT2D eigenvalue weighted by Gasteiger charge is 2.35. The quantitative estimate of drug-likeness (QED) is 0.296. The van der Waals surface area contributed by atoms with Crippen molar-refractivity contribution in [3.63, 3.8) is 0 Å². The molecule has 3 rings (SSSR count). The van der Waals surface area contributed by atoms with Gasteiger partial charge in [-0.15, -0.1) is 24.0 Å². The Morgan fingerprint density at radius 3 is 2.58 bits per heavy atom. The molecule has 2 heterocycles. The van der Waals surface area contributed by atoms with Crippen molar-refractivity contribution < 1.29 is 4.79 Å². The molecule has 1 aliphatic carbocycles. The number of aliphatic imine (C=N–C) groups is 1. The smallest absolute Gasteiger partial charge is 0.271 e. The third-order valence-corrected chi connectivity index (χ3v) is 5.07. The summed E-state index contributed by atoms with van der Waals surface area (Å²) < 4.78 is 0. The molecular weight excluding hydrogens is 443 g/mol. The van der Waals surface area contributed by atoms with Crippen LogP contribution in [-0.4, -0.2) is 59.5 Å². The van der Waals surface area contributed by atoms with E-state index in [9.17, 15) is 4.79 Å². The number of guanidine groups is 1. The van der Waals surface area contributed by atoms with E-state index in [-0.39, 0.29) is 29.9 Å². The fraction of sp³-hybridized carbons (Fsp3) is 0.667. The Morgan fingerprint density at radius 2 is 1.96 bits per heavy atom. The number of nitrogens with one attached hydrogen (secondary N) is 2. The van der Waals surface area contributed by atoms with Crippen LogP contribution in [0.3, 0.4) is 0 Å². The van der Waals surface area contributed by atoms with Gasteiger partial charge in [0.15, 0.2) is 5.96 Å². The number of aromatic nitrogens is 2. The van der Waals surface area contributed by atoms with Gasteiger partial charge in [0.25, 0.3) is 5.91 Å². The third kappa shape index (κ3) is 5.52. The molecule has 2 unspecified atom stereocenters. The first-order valence-electron chi connectivity index (χ1n) is 9.35. The second-order valence-corrected chi connectivity index (χ2v) is 6.79. The molecule has 2 N–H and O–H groups in total. The lowest BCUT2D eigenvalue weighted by atomic mass is 9.82. The normalized spacial score (nSPS) is 22.3. The van der Waals surface area contributed by atoms with Crippen LogP contribution in [0.1, 0.15) is 43.1 Å². The van der Waals surface area contributed by atoms with E-state index in [0.29, 0.717) is 18.8 Å². The fourth-order valence-corrected chi connectivity index (χ4v) is 3.84. The van der Waals surface area contributed by atoms with Crippen LogP contribution in [-0.2, 0) is 0 Å². The predicted molar refractivity (Wildman–Crippen MR) is 113 cm³/mol. The van der Waals surface area contributed by atoms with Crippen molar-refractivity contribution in [1.29, 1.82) is 0 Å². The average molecular weight is 472 g/mol. The molecule has 2 fully saturated rings. The molecule has 144 valence electrons. The highest BCUT2D eigenvalue weighted by Crippen LogP contribution is 2.35. The lowest BCUT2D eigenvalue weighted by molar-refractivity contribution is 0.0949. The van der Waals surface area contributed by atoms with Gasteiger partial charge in [-0.1, -0.05) is 12.8 Å². The van der Waals surface area contributed by atoms with E-state index >= 15 is 0 Å². The first-order valence-corrected chi connectivity index (χ1v) is 9.35. The second-order valence-electron chi connectivity index (χ2n) is 6.79. The maximum atomic E-state index is 12.0. The molecular formula is C18H29IN6O. The first kappa shape index (κ1) is 20.9. The molecule has 0 spiro atoms. The topological polar surface area (TPSA) is 82.5 Å². The molecule has 1 amide bonds. The summed E-state index contributed by atoms with van der Waals surface area (Å²) in [6.07, 6.45) is 9.99. The summed E-state index contributed by atoms with van der Waals surface area (Å²) in [5.41, 5.74) is 0.335. The standard InChI is InChI=1S/C18H28N6O.HI/c1-2-20-18(24-12-14-5-3-4-6-15(14)13-24)23-10-9-22-17(25)16-11-19-7-8-21-16;/h7-8,11,14-15H,2-6,9-10,12-13H2,1H3,(H,20,23)(H,22,25);1H. The van der Waals surface area contributed by atoms with Crippen LogP contribution in [0.4, 0.5) is 0 Å². The number of fused-ring (bicyclic) bond motifs is 1. The minimum Gasteiger partial charge on any atom is -0.357 e. The van der Waals surface area contributed by atoms with Gasteiger partial charge in [0.05, 0.1) is 12.7 Å². The molecule has 1 aliphatic heterocycles. The zero-order valence-corrected chi connectivity index (χ0v) is 17.7. The number of hydrogen-bond donors (Lipinski definition) is 2. The molecule has 0 aromatic carbocycles. The minimum atomic E-state index is -0.208. The third-order valence-electron chi connectivity index (χ3n) is 5.07. The molecule has 1 saturated heterocycles. The summed E-state index contributed by atoms with van der Waals surface area (Å²) in [6, 6.07) is 0. The highest BCUT2D eigenvalue weighted by atomic mass is 127. The van der Waals surface area contributed by atoms with Crippen LogP contribution in [0.25, 0.3) is 0 Å². The summed E-state index contributed by atoms with van der Waals surface area (Å²) in [5.74, 6) is 2.43. The van der Waals surface area contributed by atoms with Crippen LogP contribution < -0.4 is 10.6 Å². The SMILES string of the molecule is CCNC(=NCCNC(=O)c1cnccn1)N1CC2CCCCC2C1.I. The molecule has 1 aromatic heterocycles. The van der Waals surface area contributed by atoms with Crippen molar-refractivity contribution in [3.05, 3.63) is 24.3 Å². The summed E-state index contributed by atoms with van der Waals surface area (Å²) in [5, 5.41) is 6.24. The molecule has 0 radical (unpaired) electrons. The Labute approximate surface area is 172 Å². The van der Waals surface area contributed by atoms with Gasteiger partial charge in [-0.25, -0.2) is 4.98 Å². The summed E-state index contributed by atoms with van der Waals surface area (Å²) in [4.78, 5) is 27.0. The van der Waals surface area contributed by atoms with Crippen molar-refractivity contribution >= 4 is 35.8 Å².